The Balaban J connectivity index is 2.63. The normalized spacial score (nSPS) is 13.3. The van der Waals surface area contributed by atoms with E-state index < -0.39 is 35.7 Å². The average molecular weight is 301 g/mol. The van der Waals surface area contributed by atoms with Crippen molar-refractivity contribution < 1.29 is 28.2 Å². The van der Waals surface area contributed by atoms with Gasteiger partial charge < -0.3 is 15.2 Å². The summed E-state index contributed by atoms with van der Waals surface area (Å²) in [4.78, 5) is 22.8. The van der Waals surface area contributed by atoms with E-state index in [0.29, 0.717) is 12.5 Å². The molecule has 1 atom stereocenters. The van der Waals surface area contributed by atoms with Gasteiger partial charge in [-0.15, -0.1) is 0 Å². The first-order valence-corrected chi connectivity index (χ1v) is 6.40. The van der Waals surface area contributed by atoms with Crippen LogP contribution in [-0.4, -0.2) is 29.1 Å². The first-order chi connectivity index (χ1) is 9.78. The molecule has 21 heavy (non-hydrogen) atoms. The molecule has 0 saturated heterocycles. The Morgan fingerprint density at radius 3 is 2.57 bits per heavy atom. The van der Waals surface area contributed by atoms with Gasteiger partial charge >= 0.3 is 5.97 Å². The van der Waals surface area contributed by atoms with E-state index in [4.69, 9.17) is 9.84 Å². The minimum absolute atomic E-state index is 0.249. The SMILES string of the molecule is CCCC(C)(NC(=O)COc1ccc(F)cc1F)C(=O)O. The van der Waals surface area contributed by atoms with Gasteiger partial charge in [0.05, 0.1) is 0 Å². The molecule has 1 rings (SSSR count). The fraction of sp³-hybridized carbons (Fsp3) is 0.429. The van der Waals surface area contributed by atoms with E-state index in [-0.39, 0.29) is 12.2 Å². The molecule has 1 aromatic carbocycles. The van der Waals surface area contributed by atoms with Gasteiger partial charge in [0.1, 0.15) is 11.4 Å². The molecule has 116 valence electrons. The van der Waals surface area contributed by atoms with Crippen molar-refractivity contribution in [1.82, 2.24) is 5.32 Å². The number of amides is 1. The highest BCUT2D eigenvalue weighted by Gasteiger charge is 2.33. The lowest BCUT2D eigenvalue weighted by Crippen LogP contribution is -2.53. The molecule has 0 aliphatic rings. The molecule has 0 bridgehead atoms. The molecular formula is C14H17F2NO4. The second-order valence-corrected chi connectivity index (χ2v) is 4.80. The summed E-state index contributed by atoms with van der Waals surface area (Å²) in [5, 5.41) is 11.5. The van der Waals surface area contributed by atoms with Gasteiger partial charge in [0, 0.05) is 6.07 Å². The largest absolute Gasteiger partial charge is 0.481 e. The van der Waals surface area contributed by atoms with Gasteiger partial charge in [-0.3, -0.25) is 4.79 Å². The van der Waals surface area contributed by atoms with Crippen LogP contribution in [0, 0.1) is 11.6 Å². The van der Waals surface area contributed by atoms with Crippen molar-refractivity contribution in [3.63, 3.8) is 0 Å². The fourth-order valence-corrected chi connectivity index (χ4v) is 1.80. The zero-order valence-corrected chi connectivity index (χ0v) is 11.8. The van der Waals surface area contributed by atoms with Gasteiger partial charge in [-0.1, -0.05) is 13.3 Å². The number of benzene rings is 1. The number of nitrogens with one attached hydrogen (secondary N) is 1. The number of hydrogen-bond donors (Lipinski definition) is 2. The van der Waals surface area contributed by atoms with Gasteiger partial charge in [0.25, 0.3) is 5.91 Å². The number of carbonyl (C=O) groups is 2. The van der Waals surface area contributed by atoms with Crippen LogP contribution in [0.4, 0.5) is 8.78 Å². The number of ether oxygens (including phenoxy) is 1. The Bertz CT molecular complexity index is 536. The molecule has 7 heteroatoms. The lowest BCUT2D eigenvalue weighted by Gasteiger charge is -2.25. The molecule has 5 nitrogen and oxygen atoms in total. The van der Waals surface area contributed by atoms with Crippen molar-refractivity contribution in [1.29, 1.82) is 0 Å². The van der Waals surface area contributed by atoms with Crippen LogP contribution in [-0.2, 0) is 9.59 Å². The van der Waals surface area contributed by atoms with Crippen LogP contribution in [0.2, 0.25) is 0 Å². The van der Waals surface area contributed by atoms with Crippen LogP contribution in [0.1, 0.15) is 26.7 Å². The number of halogens is 2. The van der Waals surface area contributed by atoms with Crippen molar-refractivity contribution in [3.8, 4) is 5.75 Å². The number of carboxylic acids is 1. The number of rotatable bonds is 7. The average Bonchev–Trinajstić information content (AvgIpc) is 2.37. The third kappa shape index (κ3) is 4.70. The van der Waals surface area contributed by atoms with Gasteiger partial charge in [-0.25, -0.2) is 13.6 Å². The molecule has 0 fully saturated rings. The van der Waals surface area contributed by atoms with Gasteiger partial charge in [0.2, 0.25) is 0 Å². The fourth-order valence-electron chi connectivity index (χ4n) is 1.80. The van der Waals surface area contributed by atoms with Crippen molar-refractivity contribution in [2.24, 2.45) is 0 Å². The Hall–Kier alpha value is -2.18. The molecule has 1 aromatic rings. The van der Waals surface area contributed by atoms with Gasteiger partial charge in [0.15, 0.2) is 18.2 Å². The highest BCUT2D eigenvalue weighted by Crippen LogP contribution is 2.18. The topological polar surface area (TPSA) is 75.6 Å². The van der Waals surface area contributed by atoms with E-state index in [1.807, 2.05) is 0 Å². The molecule has 0 aromatic heterocycles. The van der Waals surface area contributed by atoms with Crippen LogP contribution in [0.5, 0.6) is 5.75 Å². The maximum atomic E-state index is 13.3. The van der Waals surface area contributed by atoms with Gasteiger partial charge in [-0.2, -0.15) is 0 Å². The van der Waals surface area contributed by atoms with Crippen molar-refractivity contribution >= 4 is 11.9 Å². The van der Waals surface area contributed by atoms with E-state index in [2.05, 4.69) is 5.32 Å². The highest BCUT2D eigenvalue weighted by molar-refractivity contribution is 5.87. The second kappa shape index (κ2) is 7.01. The van der Waals surface area contributed by atoms with Gasteiger partial charge in [-0.05, 0) is 25.5 Å². The van der Waals surface area contributed by atoms with E-state index in [0.717, 1.165) is 12.1 Å². The molecule has 2 N–H and O–H groups in total. The molecule has 0 spiro atoms. The van der Waals surface area contributed by atoms with Crippen LogP contribution in [0.3, 0.4) is 0 Å². The van der Waals surface area contributed by atoms with Crippen molar-refractivity contribution in [3.05, 3.63) is 29.8 Å². The van der Waals surface area contributed by atoms with Crippen LogP contribution >= 0.6 is 0 Å². The third-order valence-electron chi connectivity index (χ3n) is 2.89. The zero-order valence-electron chi connectivity index (χ0n) is 11.8. The summed E-state index contributed by atoms with van der Waals surface area (Å²) >= 11 is 0. The molecule has 1 amide bonds. The lowest BCUT2D eigenvalue weighted by atomic mass is 9.96. The first kappa shape index (κ1) is 16.9. The second-order valence-electron chi connectivity index (χ2n) is 4.80. The Morgan fingerprint density at radius 1 is 1.38 bits per heavy atom. The number of hydrogen-bond acceptors (Lipinski definition) is 3. The summed E-state index contributed by atoms with van der Waals surface area (Å²) in [5.74, 6) is -3.83. The van der Waals surface area contributed by atoms with E-state index in [1.165, 1.54) is 6.92 Å². The summed E-state index contributed by atoms with van der Waals surface area (Å²) in [6.45, 7) is 2.61. The molecular weight excluding hydrogens is 284 g/mol. The predicted molar refractivity (Wildman–Crippen MR) is 70.9 cm³/mol. The zero-order chi connectivity index (χ0) is 16.0. The maximum absolute atomic E-state index is 13.3. The summed E-state index contributed by atoms with van der Waals surface area (Å²) in [6, 6.07) is 2.68. The molecule has 1 unspecified atom stereocenters. The van der Waals surface area contributed by atoms with Crippen LogP contribution in [0.15, 0.2) is 18.2 Å². The minimum atomic E-state index is -1.41. The van der Waals surface area contributed by atoms with E-state index in [1.54, 1.807) is 6.92 Å². The van der Waals surface area contributed by atoms with E-state index >= 15 is 0 Å². The molecule has 0 aliphatic carbocycles. The summed E-state index contributed by atoms with van der Waals surface area (Å²) in [6.07, 6.45) is 0.815. The van der Waals surface area contributed by atoms with Crippen LogP contribution in [0.25, 0.3) is 0 Å². The standard InChI is InChI=1S/C14H17F2NO4/c1-3-6-14(2,13(19)20)17-12(18)8-21-11-5-4-9(15)7-10(11)16/h4-5,7H,3,6,8H2,1-2H3,(H,17,18)(H,19,20). The smallest absolute Gasteiger partial charge is 0.329 e. The Labute approximate surface area is 120 Å². The Kier molecular flexibility index (Phi) is 5.63. The first-order valence-electron chi connectivity index (χ1n) is 6.40. The number of aliphatic carboxylic acids is 1. The quantitative estimate of drug-likeness (QED) is 0.808. The Morgan fingerprint density at radius 2 is 2.05 bits per heavy atom. The molecule has 0 heterocycles. The monoisotopic (exact) mass is 301 g/mol. The number of carbonyl (C=O) groups excluding carboxylic acids is 1. The summed E-state index contributed by atoms with van der Waals surface area (Å²) < 4.78 is 30.9. The lowest BCUT2D eigenvalue weighted by molar-refractivity contribution is -0.147. The third-order valence-corrected chi connectivity index (χ3v) is 2.89. The maximum Gasteiger partial charge on any atom is 0.329 e. The minimum Gasteiger partial charge on any atom is -0.481 e. The van der Waals surface area contributed by atoms with Crippen molar-refractivity contribution in [2.75, 3.05) is 6.61 Å². The molecule has 0 radical (unpaired) electrons. The summed E-state index contributed by atoms with van der Waals surface area (Å²) in [7, 11) is 0. The van der Waals surface area contributed by atoms with Crippen molar-refractivity contribution in [2.45, 2.75) is 32.2 Å². The van der Waals surface area contributed by atoms with Crippen LogP contribution < -0.4 is 10.1 Å². The highest BCUT2D eigenvalue weighted by atomic mass is 19.1. The summed E-state index contributed by atoms with van der Waals surface area (Å²) in [5.41, 5.74) is -1.41. The number of carboxylic acid groups (broad SMARTS) is 1. The molecule has 0 aliphatic heterocycles. The van der Waals surface area contributed by atoms with E-state index in [9.17, 15) is 18.4 Å². The molecule has 0 saturated carbocycles. The predicted octanol–water partition coefficient (Wildman–Crippen LogP) is 2.10.